The molecule has 4 rings (SSSR count). The maximum Gasteiger partial charge on any atom is 0.251 e. The molecule has 2 fully saturated rings. The van der Waals surface area contributed by atoms with Gasteiger partial charge in [0.05, 0.1) is 18.3 Å². The first kappa shape index (κ1) is 22.1. The monoisotopic (exact) mass is 433 g/mol. The lowest BCUT2D eigenvalue weighted by Gasteiger charge is -2.33. The van der Waals surface area contributed by atoms with E-state index in [0.29, 0.717) is 29.3 Å². The van der Waals surface area contributed by atoms with Gasteiger partial charge in [0.25, 0.3) is 5.91 Å². The summed E-state index contributed by atoms with van der Waals surface area (Å²) in [5.74, 6) is 0.321. The number of hydrogen-bond acceptors (Lipinski definition) is 5. The van der Waals surface area contributed by atoms with Crippen molar-refractivity contribution in [2.24, 2.45) is 0 Å². The SMILES string of the molecule is CNC(=O)c1ccc(N(Cc2ccc(C3CCCCC3)cn2)C(=O)[C@H]2CCN2)cc1C=N. The van der Waals surface area contributed by atoms with Gasteiger partial charge in [-0.15, -0.1) is 0 Å². The molecule has 0 radical (unpaired) electrons. The fourth-order valence-electron chi connectivity index (χ4n) is 4.53. The molecule has 1 saturated heterocycles. The van der Waals surface area contributed by atoms with Crippen molar-refractivity contribution in [1.29, 1.82) is 5.41 Å². The molecule has 0 bridgehead atoms. The summed E-state index contributed by atoms with van der Waals surface area (Å²) in [4.78, 5) is 31.7. The van der Waals surface area contributed by atoms with Crippen molar-refractivity contribution in [3.8, 4) is 0 Å². The van der Waals surface area contributed by atoms with Gasteiger partial charge >= 0.3 is 0 Å². The standard InChI is InChI=1S/C25H31N5O2/c1-27-24(31)22-10-9-21(13-19(22)14-26)30(25(32)23-11-12-28-23)16-20-8-7-18(15-29-20)17-5-3-2-4-6-17/h7-10,13-15,17,23,26,28H,2-6,11-12,16H2,1H3,(H,27,31)/t23-/m1/s1. The second-order valence-corrected chi connectivity index (χ2v) is 8.63. The van der Waals surface area contributed by atoms with E-state index in [-0.39, 0.29) is 17.9 Å². The zero-order valence-electron chi connectivity index (χ0n) is 18.6. The Morgan fingerprint density at radius 3 is 2.56 bits per heavy atom. The Kier molecular flexibility index (Phi) is 6.95. The van der Waals surface area contributed by atoms with Crippen molar-refractivity contribution in [2.75, 3.05) is 18.5 Å². The van der Waals surface area contributed by atoms with Crippen LogP contribution in [0.3, 0.4) is 0 Å². The van der Waals surface area contributed by atoms with Crippen molar-refractivity contribution < 1.29 is 9.59 Å². The van der Waals surface area contributed by atoms with Crippen LogP contribution in [-0.4, -0.2) is 42.6 Å². The number of carbonyl (C=O) groups is 2. The van der Waals surface area contributed by atoms with Crippen LogP contribution in [0.4, 0.5) is 5.69 Å². The number of carbonyl (C=O) groups excluding carboxylic acids is 2. The predicted molar refractivity (Wildman–Crippen MR) is 125 cm³/mol. The minimum atomic E-state index is -0.256. The number of rotatable bonds is 7. The van der Waals surface area contributed by atoms with Crippen LogP contribution < -0.4 is 15.5 Å². The third-order valence-electron chi connectivity index (χ3n) is 6.61. The zero-order chi connectivity index (χ0) is 22.5. The Hall–Kier alpha value is -3.06. The Morgan fingerprint density at radius 2 is 1.97 bits per heavy atom. The van der Waals surface area contributed by atoms with E-state index in [1.165, 1.54) is 37.7 Å². The van der Waals surface area contributed by atoms with Gasteiger partial charge in [-0.1, -0.05) is 25.3 Å². The average molecular weight is 434 g/mol. The van der Waals surface area contributed by atoms with Gasteiger partial charge in [-0.3, -0.25) is 14.6 Å². The number of nitrogens with zero attached hydrogens (tertiary/aromatic N) is 2. The molecule has 1 aliphatic carbocycles. The second-order valence-electron chi connectivity index (χ2n) is 8.63. The molecule has 7 nitrogen and oxygen atoms in total. The Balaban J connectivity index is 1.59. The molecule has 0 spiro atoms. The highest BCUT2D eigenvalue weighted by Gasteiger charge is 2.30. The first-order chi connectivity index (χ1) is 15.6. The van der Waals surface area contributed by atoms with E-state index >= 15 is 0 Å². The van der Waals surface area contributed by atoms with Crippen LogP contribution in [0.25, 0.3) is 0 Å². The van der Waals surface area contributed by atoms with Crippen molar-refractivity contribution in [1.82, 2.24) is 15.6 Å². The lowest BCUT2D eigenvalue weighted by Crippen LogP contribution is -2.54. The number of hydrogen-bond donors (Lipinski definition) is 3. The Labute approximate surface area is 189 Å². The quantitative estimate of drug-likeness (QED) is 0.583. The molecule has 3 N–H and O–H groups in total. The summed E-state index contributed by atoms with van der Waals surface area (Å²) >= 11 is 0. The van der Waals surface area contributed by atoms with E-state index in [0.717, 1.165) is 24.9 Å². The summed E-state index contributed by atoms with van der Waals surface area (Å²) < 4.78 is 0. The molecule has 0 unspecified atom stereocenters. The Bertz CT molecular complexity index is 978. The molecule has 1 aromatic carbocycles. The van der Waals surface area contributed by atoms with E-state index in [9.17, 15) is 9.59 Å². The third kappa shape index (κ3) is 4.72. The Morgan fingerprint density at radius 1 is 1.19 bits per heavy atom. The minimum Gasteiger partial charge on any atom is -0.355 e. The molecule has 32 heavy (non-hydrogen) atoms. The summed E-state index contributed by atoms with van der Waals surface area (Å²) in [6.45, 7) is 1.18. The summed E-state index contributed by atoms with van der Waals surface area (Å²) in [5.41, 5.74) is 3.65. The van der Waals surface area contributed by atoms with Gasteiger partial charge in [0.2, 0.25) is 5.91 Å². The maximum absolute atomic E-state index is 13.2. The maximum atomic E-state index is 13.2. The number of aromatic nitrogens is 1. The largest absolute Gasteiger partial charge is 0.355 e. The highest BCUT2D eigenvalue weighted by Crippen LogP contribution is 2.32. The molecule has 2 amide bonds. The van der Waals surface area contributed by atoms with E-state index in [4.69, 9.17) is 5.41 Å². The lowest BCUT2D eigenvalue weighted by atomic mass is 9.85. The minimum absolute atomic E-state index is 0.0157. The van der Waals surface area contributed by atoms with E-state index in [2.05, 4.69) is 21.7 Å². The molecule has 2 aromatic rings. The van der Waals surface area contributed by atoms with Crippen molar-refractivity contribution in [2.45, 2.75) is 57.0 Å². The van der Waals surface area contributed by atoms with E-state index in [1.54, 1.807) is 30.1 Å². The van der Waals surface area contributed by atoms with Gasteiger partial charge in [0.15, 0.2) is 0 Å². The number of pyridine rings is 1. The molecule has 1 saturated carbocycles. The summed E-state index contributed by atoms with van der Waals surface area (Å²) in [5, 5.41) is 13.5. The topological polar surface area (TPSA) is 98.2 Å². The molecule has 1 aliphatic heterocycles. The summed E-state index contributed by atoms with van der Waals surface area (Å²) in [6, 6.07) is 9.13. The molecule has 1 atom stereocenters. The van der Waals surface area contributed by atoms with Crippen molar-refractivity contribution in [3.63, 3.8) is 0 Å². The third-order valence-corrected chi connectivity index (χ3v) is 6.61. The number of benzene rings is 1. The van der Waals surface area contributed by atoms with E-state index < -0.39 is 0 Å². The van der Waals surface area contributed by atoms with E-state index in [1.807, 2.05) is 12.3 Å². The highest BCUT2D eigenvalue weighted by atomic mass is 16.2. The highest BCUT2D eigenvalue weighted by molar-refractivity contribution is 6.04. The van der Waals surface area contributed by atoms with Crippen LogP contribution in [0, 0.1) is 5.41 Å². The predicted octanol–water partition coefficient (Wildman–Crippen LogP) is 3.38. The van der Waals surface area contributed by atoms with Crippen molar-refractivity contribution >= 4 is 23.7 Å². The molecule has 2 aliphatic rings. The molecule has 2 heterocycles. The van der Waals surface area contributed by atoms with Gasteiger partial charge in [-0.25, -0.2) is 0 Å². The smallest absolute Gasteiger partial charge is 0.251 e. The lowest BCUT2D eigenvalue weighted by molar-refractivity contribution is -0.122. The summed E-state index contributed by atoms with van der Waals surface area (Å²) in [7, 11) is 1.56. The van der Waals surface area contributed by atoms with Crippen LogP contribution >= 0.6 is 0 Å². The second kappa shape index (κ2) is 10.0. The number of anilines is 1. The van der Waals surface area contributed by atoms with Crippen LogP contribution in [0.1, 0.15) is 71.6 Å². The van der Waals surface area contributed by atoms with Gasteiger partial charge < -0.3 is 20.9 Å². The molecular formula is C25H31N5O2. The fourth-order valence-corrected chi connectivity index (χ4v) is 4.53. The summed E-state index contributed by atoms with van der Waals surface area (Å²) in [6.07, 6.45) is 10.3. The molecule has 168 valence electrons. The fraction of sp³-hybridized carbons (Fsp3) is 0.440. The van der Waals surface area contributed by atoms with Crippen LogP contribution in [0.15, 0.2) is 36.5 Å². The normalized spacial score (nSPS) is 18.5. The number of nitrogens with one attached hydrogen (secondary N) is 3. The van der Waals surface area contributed by atoms with Gasteiger partial charge in [0.1, 0.15) is 0 Å². The van der Waals surface area contributed by atoms with Crippen LogP contribution in [-0.2, 0) is 11.3 Å². The first-order valence-electron chi connectivity index (χ1n) is 11.5. The van der Waals surface area contributed by atoms with Gasteiger partial charge in [0, 0.05) is 36.3 Å². The van der Waals surface area contributed by atoms with Gasteiger partial charge in [-0.05, 0) is 61.6 Å². The zero-order valence-corrected chi connectivity index (χ0v) is 18.6. The van der Waals surface area contributed by atoms with Crippen molar-refractivity contribution in [3.05, 3.63) is 58.9 Å². The number of amides is 2. The first-order valence-corrected chi connectivity index (χ1v) is 11.5. The van der Waals surface area contributed by atoms with Crippen LogP contribution in [0.5, 0.6) is 0 Å². The van der Waals surface area contributed by atoms with Crippen LogP contribution in [0.2, 0.25) is 0 Å². The van der Waals surface area contributed by atoms with Gasteiger partial charge in [-0.2, -0.15) is 0 Å². The molecular weight excluding hydrogens is 402 g/mol. The molecule has 1 aromatic heterocycles. The average Bonchev–Trinajstić information content (AvgIpc) is 2.81. The molecule has 7 heteroatoms.